The molecule has 3 aliphatic heterocycles. The lowest BCUT2D eigenvalue weighted by molar-refractivity contribution is -0.123. The molecule has 0 radical (unpaired) electrons. The number of fused-ring (bicyclic) bond motifs is 2. The molecular weight excluding hydrogens is 486 g/mol. The normalized spacial score (nSPS) is 18.9. The zero-order valence-corrected chi connectivity index (χ0v) is 20.9. The Kier molecular flexibility index (Phi) is 6.45. The minimum Gasteiger partial charge on any atom is -0.486 e. The molecule has 1 atom stereocenters. The molecule has 6 rings (SSSR count). The maximum absolute atomic E-state index is 13.2. The summed E-state index contributed by atoms with van der Waals surface area (Å²) in [4.78, 5) is 48.4. The molecule has 1 unspecified atom stereocenters. The van der Waals surface area contributed by atoms with Gasteiger partial charge in [0.1, 0.15) is 19.0 Å². The molecule has 38 heavy (non-hydrogen) atoms. The van der Waals surface area contributed by atoms with E-state index in [2.05, 4.69) is 44.9 Å². The van der Waals surface area contributed by atoms with E-state index in [1.807, 2.05) is 11.0 Å². The van der Waals surface area contributed by atoms with Gasteiger partial charge in [-0.1, -0.05) is 30.3 Å². The first-order chi connectivity index (χ1) is 18.5. The number of aromatic amines is 1. The Morgan fingerprint density at radius 2 is 1.79 bits per heavy atom. The van der Waals surface area contributed by atoms with Crippen molar-refractivity contribution in [1.82, 2.24) is 9.97 Å². The lowest BCUT2D eigenvalue weighted by Gasteiger charge is -2.33. The zero-order chi connectivity index (χ0) is 26.1. The van der Waals surface area contributed by atoms with Crippen LogP contribution in [0.15, 0.2) is 53.3 Å². The van der Waals surface area contributed by atoms with Gasteiger partial charge in [-0.15, -0.1) is 0 Å². The van der Waals surface area contributed by atoms with Gasteiger partial charge in [0.25, 0.3) is 5.56 Å². The van der Waals surface area contributed by atoms with E-state index in [9.17, 15) is 14.4 Å². The van der Waals surface area contributed by atoms with E-state index in [4.69, 9.17) is 9.47 Å². The molecular formula is C28H29N5O5. The van der Waals surface area contributed by atoms with Gasteiger partial charge >= 0.3 is 0 Å². The predicted octanol–water partition coefficient (Wildman–Crippen LogP) is 3.06. The molecule has 0 saturated carbocycles. The summed E-state index contributed by atoms with van der Waals surface area (Å²) in [5, 5.41) is 5.51. The highest BCUT2D eigenvalue weighted by Crippen LogP contribution is 2.35. The number of nitrogens with zero attached hydrogens (tertiary/aromatic N) is 2. The Morgan fingerprint density at radius 1 is 1.03 bits per heavy atom. The molecule has 1 saturated heterocycles. The first-order valence-corrected chi connectivity index (χ1v) is 13.0. The largest absolute Gasteiger partial charge is 0.486 e. The molecule has 10 nitrogen and oxygen atoms in total. The van der Waals surface area contributed by atoms with Gasteiger partial charge in [-0.25, -0.2) is 0 Å². The van der Waals surface area contributed by atoms with Crippen molar-refractivity contribution in [1.29, 1.82) is 0 Å². The van der Waals surface area contributed by atoms with Gasteiger partial charge in [0, 0.05) is 31.3 Å². The molecule has 10 heteroatoms. The van der Waals surface area contributed by atoms with E-state index < -0.39 is 17.4 Å². The molecule has 3 aliphatic rings. The highest BCUT2D eigenvalue weighted by molar-refractivity contribution is 6.04. The summed E-state index contributed by atoms with van der Waals surface area (Å²) in [7, 11) is 0. The van der Waals surface area contributed by atoms with Crippen molar-refractivity contribution in [3.8, 4) is 11.5 Å². The number of anilines is 3. The summed E-state index contributed by atoms with van der Waals surface area (Å²) < 4.78 is 11.1. The maximum Gasteiger partial charge on any atom is 0.258 e. The molecule has 1 aromatic heterocycles. The fraction of sp³-hybridized carbons (Fsp3) is 0.357. The standard InChI is InChI=1S/C28H29N5O5/c34-23-16-20(26(35)29-19-6-7-21-22(15-19)38-13-12-37-21)24-25(30-23)31-28(32-27(24)36)33-10-8-18(9-11-33)14-17-4-2-1-3-5-17/h1-7,15,18,20H,8-14,16H2,(H,29,35)(H2,30,31,32,34,36). The number of aromatic nitrogens is 2. The summed E-state index contributed by atoms with van der Waals surface area (Å²) in [6.07, 6.45) is 2.84. The van der Waals surface area contributed by atoms with Crippen LogP contribution in [0.3, 0.4) is 0 Å². The van der Waals surface area contributed by atoms with Crippen LogP contribution >= 0.6 is 0 Å². The van der Waals surface area contributed by atoms with Crippen LogP contribution in [-0.4, -0.2) is 48.1 Å². The third-order valence-corrected chi connectivity index (χ3v) is 7.35. The van der Waals surface area contributed by atoms with Gasteiger partial charge < -0.3 is 25.0 Å². The highest BCUT2D eigenvalue weighted by atomic mass is 16.6. The Morgan fingerprint density at radius 3 is 2.58 bits per heavy atom. The first-order valence-electron chi connectivity index (χ1n) is 13.0. The van der Waals surface area contributed by atoms with Crippen LogP contribution in [0.5, 0.6) is 11.5 Å². The lowest BCUT2D eigenvalue weighted by atomic mass is 9.90. The topological polar surface area (TPSA) is 126 Å². The van der Waals surface area contributed by atoms with Crippen LogP contribution < -0.4 is 30.6 Å². The molecule has 3 N–H and O–H groups in total. The third-order valence-electron chi connectivity index (χ3n) is 7.35. The second-order valence-electron chi connectivity index (χ2n) is 9.92. The number of carbonyl (C=O) groups is 2. The number of piperidine rings is 1. The average Bonchev–Trinajstić information content (AvgIpc) is 2.93. The predicted molar refractivity (Wildman–Crippen MR) is 142 cm³/mol. The Bertz CT molecular complexity index is 1410. The second-order valence-corrected chi connectivity index (χ2v) is 9.92. The second kappa shape index (κ2) is 10.2. The average molecular weight is 516 g/mol. The van der Waals surface area contributed by atoms with Crippen molar-refractivity contribution in [3.63, 3.8) is 0 Å². The Labute approximate surface area is 219 Å². The van der Waals surface area contributed by atoms with Crippen molar-refractivity contribution in [2.24, 2.45) is 5.92 Å². The first kappa shape index (κ1) is 24.0. The number of hydrogen-bond acceptors (Lipinski definition) is 7. The number of amides is 2. The molecule has 196 valence electrons. The van der Waals surface area contributed by atoms with Gasteiger partial charge in [0.2, 0.25) is 17.8 Å². The van der Waals surface area contributed by atoms with Gasteiger partial charge in [-0.3, -0.25) is 19.4 Å². The maximum atomic E-state index is 13.2. The van der Waals surface area contributed by atoms with E-state index in [-0.39, 0.29) is 23.7 Å². The van der Waals surface area contributed by atoms with Crippen LogP contribution in [0.4, 0.5) is 17.5 Å². The van der Waals surface area contributed by atoms with Crippen molar-refractivity contribution >= 4 is 29.3 Å². The molecule has 0 spiro atoms. The SMILES string of the molecule is O=C1CC(C(=O)Nc2ccc3c(c2)OCCO3)c2c(nc(N3CCC(Cc4ccccc4)CC3)[nH]c2=O)N1. The van der Waals surface area contributed by atoms with Crippen LogP contribution in [0.25, 0.3) is 0 Å². The third kappa shape index (κ3) is 4.93. The number of hydrogen-bond donors (Lipinski definition) is 3. The van der Waals surface area contributed by atoms with E-state index in [1.165, 1.54) is 5.56 Å². The van der Waals surface area contributed by atoms with Crippen LogP contribution in [0.2, 0.25) is 0 Å². The van der Waals surface area contributed by atoms with Crippen molar-refractivity contribution in [3.05, 3.63) is 70.0 Å². The molecule has 2 aromatic carbocycles. The number of benzene rings is 2. The van der Waals surface area contributed by atoms with Gasteiger partial charge in [-0.2, -0.15) is 4.98 Å². The van der Waals surface area contributed by atoms with Gasteiger partial charge in [-0.05, 0) is 42.9 Å². The van der Waals surface area contributed by atoms with Gasteiger partial charge in [0.05, 0.1) is 11.5 Å². The van der Waals surface area contributed by atoms with Crippen molar-refractivity contribution < 1.29 is 19.1 Å². The summed E-state index contributed by atoms with van der Waals surface area (Å²) in [6.45, 7) is 2.40. The summed E-state index contributed by atoms with van der Waals surface area (Å²) in [5.74, 6) is 0.487. The lowest BCUT2D eigenvalue weighted by Crippen LogP contribution is -2.40. The summed E-state index contributed by atoms with van der Waals surface area (Å²) in [6, 6.07) is 15.5. The van der Waals surface area contributed by atoms with Gasteiger partial charge in [0.15, 0.2) is 11.5 Å². The number of H-pyrrole nitrogens is 1. The van der Waals surface area contributed by atoms with E-state index in [1.54, 1.807) is 18.2 Å². The number of ether oxygens (including phenoxy) is 2. The highest BCUT2D eigenvalue weighted by Gasteiger charge is 2.35. The molecule has 2 amide bonds. The quantitative estimate of drug-likeness (QED) is 0.477. The molecule has 4 heterocycles. The van der Waals surface area contributed by atoms with E-state index in [0.29, 0.717) is 42.3 Å². The molecule has 0 aliphatic carbocycles. The molecule has 3 aromatic rings. The minimum absolute atomic E-state index is 0.141. The van der Waals surface area contributed by atoms with Crippen LogP contribution in [0.1, 0.15) is 36.3 Å². The minimum atomic E-state index is -0.964. The fourth-order valence-electron chi connectivity index (χ4n) is 5.38. The monoisotopic (exact) mass is 515 g/mol. The number of carbonyl (C=O) groups excluding carboxylic acids is 2. The fourth-order valence-corrected chi connectivity index (χ4v) is 5.38. The van der Waals surface area contributed by atoms with E-state index in [0.717, 1.165) is 32.4 Å². The van der Waals surface area contributed by atoms with Crippen LogP contribution in [-0.2, 0) is 16.0 Å². The Hall–Kier alpha value is -4.34. The smallest absolute Gasteiger partial charge is 0.258 e. The van der Waals surface area contributed by atoms with Crippen molar-refractivity contribution in [2.45, 2.75) is 31.6 Å². The molecule has 1 fully saturated rings. The molecule has 0 bridgehead atoms. The van der Waals surface area contributed by atoms with E-state index >= 15 is 0 Å². The number of nitrogens with one attached hydrogen (secondary N) is 3. The summed E-state index contributed by atoms with van der Waals surface area (Å²) >= 11 is 0. The number of rotatable bonds is 5. The Balaban J connectivity index is 1.17. The zero-order valence-electron chi connectivity index (χ0n) is 20.9. The van der Waals surface area contributed by atoms with Crippen LogP contribution in [0, 0.1) is 5.92 Å². The summed E-state index contributed by atoms with van der Waals surface area (Å²) in [5.41, 5.74) is 1.57. The van der Waals surface area contributed by atoms with Crippen molar-refractivity contribution in [2.75, 3.05) is 41.8 Å².